The number of hydrogen-bond donors (Lipinski definition) is 3. The number of anilines is 2. The molecule has 192 valence electrons. The van der Waals surface area contributed by atoms with Gasteiger partial charge in [0.2, 0.25) is 0 Å². The molecular weight excluding hydrogens is 470 g/mol. The molecule has 8 nitrogen and oxygen atoms in total. The van der Waals surface area contributed by atoms with Crippen molar-refractivity contribution in [2.24, 2.45) is 0 Å². The molecular formula is C29H31N3O5. The maximum absolute atomic E-state index is 12.4. The van der Waals surface area contributed by atoms with Crippen LogP contribution in [0.3, 0.4) is 0 Å². The highest BCUT2D eigenvalue weighted by Crippen LogP contribution is 2.35. The zero-order valence-electron chi connectivity index (χ0n) is 21.8. The number of fused-ring (bicyclic) bond motifs is 3. The largest absolute Gasteiger partial charge is 0.508 e. The van der Waals surface area contributed by atoms with Crippen LogP contribution in [-0.2, 0) is 9.47 Å². The minimum absolute atomic E-state index is 0.143. The SMILES string of the molecule is CC(C)(C)OC(=O)Nc1ccc2c(c1)nc(-c1ccc(O)cc1)c1cc(NC(=O)OC(C)(C)C)ccc12. The fraction of sp³-hybridized carbons (Fsp3) is 0.276. The van der Waals surface area contributed by atoms with Crippen molar-refractivity contribution in [3.63, 3.8) is 0 Å². The average Bonchev–Trinajstić information content (AvgIpc) is 2.76. The minimum atomic E-state index is -0.624. The Morgan fingerprint density at radius 2 is 1.22 bits per heavy atom. The van der Waals surface area contributed by atoms with E-state index in [1.54, 1.807) is 84.0 Å². The van der Waals surface area contributed by atoms with Crippen LogP contribution >= 0.6 is 0 Å². The first-order chi connectivity index (χ1) is 17.3. The first kappa shape index (κ1) is 25.8. The Kier molecular flexibility index (Phi) is 6.69. The number of benzene rings is 3. The Hall–Kier alpha value is -4.33. The van der Waals surface area contributed by atoms with Gasteiger partial charge >= 0.3 is 12.2 Å². The van der Waals surface area contributed by atoms with Gasteiger partial charge < -0.3 is 14.6 Å². The van der Waals surface area contributed by atoms with Crippen molar-refractivity contribution < 1.29 is 24.2 Å². The van der Waals surface area contributed by atoms with E-state index in [2.05, 4.69) is 10.6 Å². The van der Waals surface area contributed by atoms with Crippen molar-refractivity contribution in [2.45, 2.75) is 52.7 Å². The molecule has 8 heteroatoms. The van der Waals surface area contributed by atoms with E-state index in [1.165, 1.54) is 0 Å². The van der Waals surface area contributed by atoms with Crippen molar-refractivity contribution in [3.8, 4) is 17.0 Å². The summed E-state index contributed by atoms with van der Waals surface area (Å²) in [5.41, 5.74) is 1.97. The fourth-order valence-electron chi connectivity index (χ4n) is 3.85. The maximum Gasteiger partial charge on any atom is 0.412 e. The third-order valence-corrected chi connectivity index (χ3v) is 5.23. The first-order valence-electron chi connectivity index (χ1n) is 11.9. The Morgan fingerprint density at radius 1 is 0.703 bits per heavy atom. The topological polar surface area (TPSA) is 110 Å². The van der Waals surface area contributed by atoms with Crippen LogP contribution in [-0.4, -0.2) is 33.5 Å². The van der Waals surface area contributed by atoms with Crippen molar-refractivity contribution >= 4 is 45.2 Å². The van der Waals surface area contributed by atoms with Crippen LogP contribution in [0.5, 0.6) is 5.75 Å². The van der Waals surface area contributed by atoms with Crippen LogP contribution in [0, 0.1) is 0 Å². The third kappa shape index (κ3) is 6.46. The summed E-state index contributed by atoms with van der Waals surface area (Å²) < 4.78 is 10.8. The molecule has 3 N–H and O–H groups in total. The smallest absolute Gasteiger partial charge is 0.412 e. The van der Waals surface area contributed by atoms with Gasteiger partial charge in [-0.3, -0.25) is 10.6 Å². The Balaban J connectivity index is 1.81. The summed E-state index contributed by atoms with van der Waals surface area (Å²) in [6, 6.07) is 17.8. The number of phenolic OH excluding ortho intramolecular Hbond substituents is 1. The maximum atomic E-state index is 12.4. The van der Waals surface area contributed by atoms with Crippen LogP contribution in [0.15, 0.2) is 60.7 Å². The lowest BCUT2D eigenvalue weighted by molar-refractivity contribution is 0.0624. The second kappa shape index (κ2) is 9.61. The van der Waals surface area contributed by atoms with Gasteiger partial charge in [-0.2, -0.15) is 0 Å². The van der Waals surface area contributed by atoms with Crippen LogP contribution in [0.1, 0.15) is 41.5 Å². The molecule has 0 bridgehead atoms. The lowest BCUT2D eigenvalue weighted by atomic mass is 9.99. The average molecular weight is 502 g/mol. The molecule has 37 heavy (non-hydrogen) atoms. The number of nitrogens with one attached hydrogen (secondary N) is 2. The molecule has 4 aromatic rings. The van der Waals surface area contributed by atoms with Gasteiger partial charge in [0.25, 0.3) is 0 Å². The summed E-state index contributed by atoms with van der Waals surface area (Å²) in [7, 11) is 0. The molecule has 0 aliphatic carbocycles. The number of carbonyl (C=O) groups is 2. The highest BCUT2D eigenvalue weighted by Gasteiger charge is 2.19. The second-order valence-corrected chi connectivity index (χ2v) is 10.8. The normalized spacial score (nSPS) is 11.8. The molecule has 1 aromatic heterocycles. The summed E-state index contributed by atoms with van der Waals surface area (Å²) in [6.45, 7) is 10.8. The number of aromatic nitrogens is 1. The number of hydrogen-bond acceptors (Lipinski definition) is 6. The molecule has 0 unspecified atom stereocenters. The Morgan fingerprint density at radius 3 is 1.76 bits per heavy atom. The summed E-state index contributed by atoms with van der Waals surface area (Å²) in [5.74, 6) is 0.143. The summed E-state index contributed by atoms with van der Waals surface area (Å²) in [6.07, 6.45) is -1.10. The van der Waals surface area contributed by atoms with Gasteiger partial charge in [-0.15, -0.1) is 0 Å². The molecule has 0 aliphatic heterocycles. The molecule has 0 radical (unpaired) electrons. The predicted molar refractivity (Wildman–Crippen MR) is 146 cm³/mol. The molecule has 4 rings (SSSR count). The van der Waals surface area contributed by atoms with Crippen molar-refractivity contribution in [2.75, 3.05) is 10.6 Å². The van der Waals surface area contributed by atoms with Crippen molar-refractivity contribution in [1.29, 1.82) is 0 Å². The number of amides is 2. The van der Waals surface area contributed by atoms with Crippen molar-refractivity contribution in [3.05, 3.63) is 60.7 Å². The first-order valence-corrected chi connectivity index (χ1v) is 11.9. The molecule has 0 saturated heterocycles. The molecule has 0 saturated carbocycles. The van der Waals surface area contributed by atoms with E-state index in [1.807, 2.05) is 18.2 Å². The monoisotopic (exact) mass is 501 g/mol. The number of carbonyl (C=O) groups excluding carboxylic acids is 2. The van der Waals surface area contributed by atoms with E-state index >= 15 is 0 Å². The highest BCUT2D eigenvalue weighted by atomic mass is 16.6. The van der Waals surface area contributed by atoms with Crippen LogP contribution < -0.4 is 10.6 Å². The van der Waals surface area contributed by atoms with E-state index in [9.17, 15) is 14.7 Å². The van der Waals surface area contributed by atoms with Crippen molar-refractivity contribution in [1.82, 2.24) is 4.98 Å². The van der Waals surface area contributed by atoms with Crippen LogP contribution in [0.4, 0.5) is 21.0 Å². The molecule has 0 spiro atoms. The predicted octanol–water partition coefficient (Wildman–Crippen LogP) is 7.45. The summed E-state index contributed by atoms with van der Waals surface area (Å²) >= 11 is 0. The van der Waals surface area contributed by atoms with E-state index in [0.717, 1.165) is 21.7 Å². The number of pyridine rings is 1. The van der Waals surface area contributed by atoms with E-state index < -0.39 is 23.4 Å². The van der Waals surface area contributed by atoms with Gasteiger partial charge in [0.05, 0.1) is 11.2 Å². The van der Waals surface area contributed by atoms with Gasteiger partial charge in [-0.1, -0.05) is 12.1 Å². The highest BCUT2D eigenvalue weighted by molar-refractivity contribution is 6.13. The number of aromatic hydroxyl groups is 1. The zero-order chi connectivity index (χ0) is 27.0. The molecule has 3 aromatic carbocycles. The third-order valence-electron chi connectivity index (χ3n) is 5.23. The van der Waals surface area contributed by atoms with Gasteiger partial charge in [-0.05, 0) is 95.5 Å². The quantitative estimate of drug-likeness (QED) is 0.251. The minimum Gasteiger partial charge on any atom is -0.508 e. The van der Waals surface area contributed by atoms with Gasteiger partial charge in [-0.25, -0.2) is 14.6 Å². The molecule has 1 heterocycles. The second-order valence-electron chi connectivity index (χ2n) is 10.8. The Bertz CT molecular complexity index is 1480. The lowest BCUT2D eigenvalue weighted by Gasteiger charge is -2.20. The van der Waals surface area contributed by atoms with Gasteiger partial charge in [0.1, 0.15) is 17.0 Å². The standard InChI is InChI=1S/C29H31N3O5/c1-28(2,3)36-26(34)30-18-9-13-21-22-14-10-19(31-27(35)37-29(4,5)6)16-24(22)32-25(23(21)15-18)17-7-11-20(33)12-8-17/h7-16,33H,1-6H3,(H,30,34)(H,31,35). The molecule has 0 fully saturated rings. The van der Waals surface area contributed by atoms with Gasteiger partial charge in [0.15, 0.2) is 0 Å². The van der Waals surface area contributed by atoms with E-state index in [4.69, 9.17) is 14.5 Å². The number of ether oxygens (including phenoxy) is 2. The molecule has 0 atom stereocenters. The molecule has 2 amide bonds. The molecule has 0 aliphatic rings. The lowest BCUT2D eigenvalue weighted by Crippen LogP contribution is -2.27. The number of nitrogens with zero attached hydrogens (tertiary/aromatic N) is 1. The van der Waals surface area contributed by atoms with Crippen LogP contribution in [0.2, 0.25) is 0 Å². The fourth-order valence-corrected chi connectivity index (χ4v) is 3.85. The van der Waals surface area contributed by atoms with E-state index in [0.29, 0.717) is 22.6 Å². The Labute approximate surface area is 215 Å². The summed E-state index contributed by atoms with van der Waals surface area (Å²) in [4.78, 5) is 29.6. The van der Waals surface area contributed by atoms with Gasteiger partial charge in [0, 0.05) is 27.7 Å². The summed E-state index contributed by atoms with van der Waals surface area (Å²) in [5, 5.41) is 17.9. The zero-order valence-corrected chi connectivity index (χ0v) is 21.8. The van der Waals surface area contributed by atoms with Crippen LogP contribution in [0.25, 0.3) is 32.9 Å². The number of phenols is 1. The number of rotatable bonds is 3. The van der Waals surface area contributed by atoms with E-state index in [-0.39, 0.29) is 5.75 Å².